The molecule has 0 aromatic heterocycles. The van der Waals surface area contributed by atoms with Gasteiger partial charge in [-0.3, -0.25) is 0 Å². The zero-order chi connectivity index (χ0) is 12.7. The monoisotopic (exact) mass is 245 g/mol. The number of fused-ring (bicyclic) bond motifs is 2. The van der Waals surface area contributed by atoms with E-state index in [9.17, 15) is 0 Å². The van der Waals surface area contributed by atoms with E-state index in [1.54, 1.807) is 5.92 Å². The first-order valence-corrected chi connectivity index (χ1v) is 7.09. The lowest BCUT2D eigenvalue weighted by Gasteiger charge is -2.28. The first-order valence-electron chi connectivity index (χ1n) is 7.09. The van der Waals surface area contributed by atoms with Gasteiger partial charge in [0.2, 0.25) is 0 Å². The number of allylic oxidation sites excluding steroid dienone is 2. The summed E-state index contributed by atoms with van der Waals surface area (Å²) in [6.07, 6.45) is 6.13. The van der Waals surface area contributed by atoms with Crippen LogP contribution in [0.15, 0.2) is 72.8 Å². The summed E-state index contributed by atoms with van der Waals surface area (Å²) in [5, 5.41) is 0. The highest BCUT2D eigenvalue weighted by atomic mass is 14.5. The average molecular weight is 245 g/mol. The normalized spacial score (nSPS) is 28.9. The van der Waals surface area contributed by atoms with Gasteiger partial charge in [-0.1, -0.05) is 72.8 Å². The van der Waals surface area contributed by atoms with Gasteiger partial charge < -0.3 is 0 Å². The molecule has 3 unspecified atom stereocenters. The van der Waals surface area contributed by atoms with Crippen LogP contribution in [0.1, 0.15) is 23.5 Å². The number of hydrogen-bond acceptors (Lipinski definition) is 0. The quantitative estimate of drug-likeness (QED) is 0.678. The van der Waals surface area contributed by atoms with Gasteiger partial charge in [-0.25, -0.2) is 0 Å². The second kappa shape index (κ2) is 4.38. The molecule has 2 aliphatic carbocycles. The molecule has 3 atom stereocenters. The van der Waals surface area contributed by atoms with Crippen LogP contribution in [-0.2, 0) is 0 Å². The Morgan fingerprint density at radius 1 is 0.737 bits per heavy atom. The summed E-state index contributed by atoms with van der Waals surface area (Å²) in [4.78, 5) is 0. The molecule has 2 aliphatic rings. The van der Waals surface area contributed by atoms with E-state index >= 15 is 0 Å². The van der Waals surface area contributed by atoms with E-state index in [1.807, 2.05) is 0 Å². The lowest BCUT2D eigenvalue weighted by atomic mass is 9.75. The first-order chi connectivity index (χ1) is 9.43. The standard InChI is InChI=1S/C19H17/c1-3-7-14(8-4-1)18-16-11-12-17(13-16)19(18)15-9-5-2-6-10-15/h1-12,16-18H,13H2. The van der Waals surface area contributed by atoms with Crippen molar-refractivity contribution in [2.75, 3.05) is 0 Å². The fourth-order valence-corrected chi connectivity index (χ4v) is 3.78. The van der Waals surface area contributed by atoms with E-state index in [1.165, 1.54) is 17.5 Å². The lowest BCUT2D eigenvalue weighted by molar-refractivity contribution is 0.616. The Balaban J connectivity index is 1.79. The maximum Gasteiger partial charge on any atom is 0.0198 e. The third-order valence-corrected chi connectivity index (χ3v) is 4.55. The predicted octanol–water partition coefficient (Wildman–Crippen LogP) is 4.60. The molecule has 1 saturated carbocycles. The van der Waals surface area contributed by atoms with Crippen LogP contribution in [0.2, 0.25) is 0 Å². The van der Waals surface area contributed by atoms with E-state index < -0.39 is 0 Å². The van der Waals surface area contributed by atoms with Gasteiger partial charge in [0, 0.05) is 11.8 Å². The van der Waals surface area contributed by atoms with Crippen molar-refractivity contribution >= 4 is 0 Å². The van der Waals surface area contributed by atoms with Crippen molar-refractivity contribution in [3.8, 4) is 0 Å². The van der Waals surface area contributed by atoms with Gasteiger partial charge in [0.05, 0.1) is 0 Å². The van der Waals surface area contributed by atoms with Gasteiger partial charge in [-0.05, 0) is 29.4 Å². The van der Waals surface area contributed by atoms with E-state index in [2.05, 4.69) is 72.8 Å². The van der Waals surface area contributed by atoms with E-state index in [-0.39, 0.29) is 0 Å². The Morgan fingerprint density at radius 2 is 1.42 bits per heavy atom. The highest BCUT2D eigenvalue weighted by Crippen LogP contribution is 2.56. The molecule has 2 aromatic carbocycles. The molecule has 0 heteroatoms. The smallest absolute Gasteiger partial charge is 0.0198 e. The van der Waals surface area contributed by atoms with Crippen molar-refractivity contribution in [3.63, 3.8) is 0 Å². The highest BCUT2D eigenvalue weighted by Gasteiger charge is 2.45. The third kappa shape index (κ3) is 1.74. The molecule has 0 aliphatic heterocycles. The summed E-state index contributed by atoms with van der Waals surface area (Å²) in [5.41, 5.74) is 2.89. The maximum atomic E-state index is 2.43. The number of benzene rings is 2. The van der Waals surface area contributed by atoms with Crippen LogP contribution >= 0.6 is 0 Å². The van der Waals surface area contributed by atoms with Crippen LogP contribution in [0.5, 0.6) is 0 Å². The highest BCUT2D eigenvalue weighted by molar-refractivity contribution is 5.48. The molecule has 93 valence electrons. The maximum absolute atomic E-state index is 2.43. The second-order valence-corrected chi connectivity index (χ2v) is 5.60. The summed E-state index contributed by atoms with van der Waals surface area (Å²) in [6, 6.07) is 21.9. The van der Waals surface area contributed by atoms with Gasteiger partial charge in [-0.15, -0.1) is 0 Å². The molecule has 2 aromatic rings. The predicted molar refractivity (Wildman–Crippen MR) is 78.7 cm³/mol. The molecular formula is C19H17. The molecular weight excluding hydrogens is 228 g/mol. The fraction of sp³-hybridized carbons (Fsp3) is 0.211. The summed E-state index contributed by atoms with van der Waals surface area (Å²) >= 11 is 0. The Hall–Kier alpha value is -1.82. The summed E-state index contributed by atoms with van der Waals surface area (Å²) in [6.45, 7) is 0. The zero-order valence-electron chi connectivity index (χ0n) is 10.9. The van der Waals surface area contributed by atoms with Gasteiger partial charge in [0.15, 0.2) is 0 Å². The summed E-state index contributed by atoms with van der Waals surface area (Å²) in [5.74, 6) is 3.55. The molecule has 0 spiro atoms. The van der Waals surface area contributed by atoms with Crippen molar-refractivity contribution < 1.29 is 0 Å². The minimum absolute atomic E-state index is 0.582. The summed E-state index contributed by atoms with van der Waals surface area (Å²) < 4.78 is 0. The van der Waals surface area contributed by atoms with E-state index in [0.29, 0.717) is 17.8 Å². The Kier molecular flexibility index (Phi) is 2.55. The fourth-order valence-electron chi connectivity index (χ4n) is 3.78. The van der Waals surface area contributed by atoms with Gasteiger partial charge >= 0.3 is 0 Å². The molecule has 1 radical (unpaired) electrons. The van der Waals surface area contributed by atoms with Crippen molar-refractivity contribution in [2.45, 2.75) is 12.3 Å². The van der Waals surface area contributed by atoms with Gasteiger partial charge in [0.1, 0.15) is 0 Å². The van der Waals surface area contributed by atoms with Crippen LogP contribution in [0, 0.1) is 17.8 Å². The third-order valence-electron chi connectivity index (χ3n) is 4.55. The van der Waals surface area contributed by atoms with Crippen LogP contribution in [-0.4, -0.2) is 0 Å². The number of hydrogen-bond donors (Lipinski definition) is 0. The average Bonchev–Trinajstić information content (AvgIpc) is 3.10. The molecule has 0 nitrogen and oxygen atoms in total. The Morgan fingerprint density at radius 3 is 2.16 bits per heavy atom. The SMILES string of the molecule is C1=CC2CC1[C](c1ccccc1)C2c1ccccc1. The van der Waals surface area contributed by atoms with Crippen molar-refractivity contribution in [3.05, 3.63) is 89.9 Å². The van der Waals surface area contributed by atoms with Crippen molar-refractivity contribution in [1.29, 1.82) is 0 Å². The van der Waals surface area contributed by atoms with Crippen LogP contribution in [0.4, 0.5) is 0 Å². The Bertz CT molecular complexity index is 528. The minimum Gasteiger partial charge on any atom is -0.0844 e. The van der Waals surface area contributed by atoms with Gasteiger partial charge in [-0.2, -0.15) is 0 Å². The molecule has 0 N–H and O–H groups in total. The Labute approximate surface area is 114 Å². The topological polar surface area (TPSA) is 0 Å². The van der Waals surface area contributed by atoms with Crippen molar-refractivity contribution in [2.24, 2.45) is 11.8 Å². The molecule has 0 heterocycles. The number of rotatable bonds is 2. The molecule has 0 amide bonds. The molecule has 19 heavy (non-hydrogen) atoms. The lowest BCUT2D eigenvalue weighted by Crippen LogP contribution is -2.16. The largest absolute Gasteiger partial charge is 0.0844 e. The minimum atomic E-state index is 0.582. The van der Waals surface area contributed by atoms with Crippen molar-refractivity contribution in [1.82, 2.24) is 0 Å². The first kappa shape index (κ1) is 11.0. The van der Waals surface area contributed by atoms with E-state index in [0.717, 1.165) is 0 Å². The zero-order valence-corrected chi connectivity index (χ0v) is 10.9. The molecule has 2 bridgehead atoms. The van der Waals surface area contributed by atoms with Gasteiger partial charge in [0.25, 0.3) is 0 Å². The van der Waals surface area contributed by atoms with Crippen LogP contribution in [0.25, 0.3) is 0 Å². The van der Waals surface area contributed by atoms with Crippen LogP contribution < -0.4 is 0 Å². The molecule has 4 rings (SSSR count). The summed E-state index contributed by atoms with van der Waals surface area (Å²) in [7, 11) is 0. The molecule has 1 fully saturated rings. The van der Waals surface area contributed by atoms with E-state index in [4.69, 9.17) is 0 Å². The van der Waals surface area contributed by atoms with Crippen LogP contribution in [0.3, 0.4) is 0 Å². The second-order valence-electron chi connectivity index (χ2n) is 5.60. The molecule has 0 saturated heterocycles.